The van der Waals surface area contributed by atoms with Crippen LogP contribution in [0.4, 0.5) is 5.69 Å². The molecule has 7 nitrogen and oxygen atoms in total. The van der Waals surface area contributed by atoms with Gasteiger partial charge in [0.1, 0.15) is 11.6 Å². The molecule has 0 spiro atoms. The average Bonchev–Trinajstić information content (AvgIpc) is 3.03. The van der Waals surface area contributed by atoms with Crippen molar-refractivity contribution in [2.45, 2.75) is 25.8 Å². The summed E-state index contributed by atoms with van der Waals surface area (Å²) in [6.45, 7) is 2.26. The number of carbonyl (C=O) groups is 2. The van der Waals surface area contributed by atoms with Gasteiger partial charge in [-0.2, -0.15) is 0 Å². The maximum absolute atomic E-state index is 12.5. The number of likely N-dealkylation sites (tertiary alicyclic amines) is 1. The topological polar surface area (TPSA) is 106 Å². The lowest BCUT2D eigenvalue weighted by molar-refractivity contribution is -0.135. The number of anilines is 1. The van der Waals surface area contributed by atoms with Gasteiger partial charge in [0.25, 0.3) is 0 Å². The van der Waals surface area contributed by atoms with E-state index in [1.807, 2.05) is 6.92 Å². The highest BCUT2D eigenvalue weighted by molar-refractivity contribution is 5.99. The highest BCUT2D eigenvalue weighted by Crippen LogP contribution is 2.23. The van der Waals surface area contributed by atoms with Gasteiger partial charge in [-0.25, -0.2) is 4.79 Å². The molecule has 1 aliphatic rings. The molecule has 134 valence electrons. The van der Waals surface area contributed by atoms with E-state index in [0.29, 0.717) is 24.2 Å². The van der Waals surface area contributed by atoms with E-state index >= 15 is 0 Å². The molecule has 1 atom stereocenters. The van der Waals surface area contributed by atoms with Gasteiger partial charge in [0.05, 0.1) is 6.54 Å². The van der Waals surface area contributed by atoms with Crippen molar-refractivity contribution in [2.75, 3.05) is 18.4 Å². The Bertz CT molecular complexity index is 865. The average molecular weight is 366 g/mol. The second-order valence-electron chi connectivity index (χ2n) is 5.90. The van der Waals surface area contributed by atoms with Crippen LogP contribution in [0.3, 0.4) is 0 Å². The van der Waals surface area contributed by atoms with E-state index in [0.717, 1.165) is 17.4 Å². The predicted molar refractivity (Wildman–Crippen MR) is 96.9 cm³/mol. The third-order valence-electron chi connectivity index (χ3n) is 4.27. The van der Waals surface area contributed by atoms with Crippen LogP contribution < -0.4 is 16.7 Å². The first-order valence-electron chi connectivity index (χ1n) is 7.84. The fourth-order valence-electron chi connectivity index (χ4n) is 3.08. The van der Waals surface area contributed by atoms with Gasteiger partial charge in [0.2, 0.25) is 11.8 Å². The number of nitrogens with two attached hydrogens (primary N) is 1. The molecule has 1 saturated heterocycles. The molecule has 3 N–H and O–H groups in total. The minimum Gasteiger partial charge on any atom is -0.423 e. The number of fused-ring (bicyclic) bond motifs is 1. The molecule has 0 aliphatic carbocycles. The summed E-state index contributed by atoms with van der Waals surface area (Å²) in [6, 6.07) is 6.07. The molecule has 0 bridgehead atoms. The summed E-state index contributed by atoms with van der Waals surface area (Å²) in [7, 11) is 0. The molecule has 2 heterocycles. The van der Waals surface area contributed by atoms with Crippen molar-refractivity contribution in [2.24, 2.45) is 5.73 Å². The summed E-state index contributed by atoms with van der Waals surface area (Å²) in [6.07, 6.45) is 1.38. The minimum absolute atomic E-state index is 0. The first-order valence-corrected chi connectivity index (χ1v) is 7.84. The molecular weight excluding hydrogens is 346 g/mol. The van der Waals surface area contributed by atoms with Gasteiger partial charge in [0.15, 0.2) is 0 Å². The second kappa shape index (κ2) is 7.67. The van der Waals surface area contributed by atoms with E-state index in [9.17, 15) is 14.4 Å². The van der Waals surface area contributed by atoms with Crippen LogP contribution in [0.2, 0.25) is 0 Å². The molecule has 1 aliphatic heterocycles. The van der Waals surface area contributed by atoms with Crippen molar-refractivity contribution in [3.05, 3.63) is 40.2 Å². The van der Waals surface area contributed by atoms with E-state index in [1.54, 1.807) is 18.2 Å². The summed E-state index contributed by atoms with van der Waals surface area (Å²) in [4.78, 5) is 37.3. The Kier molecular flexibility index (Phi) is 5.81. The Morgan fingerprint density at radius 3 is 2.84 bits per heavy atom. The van der Waals surface area contributed by atoms with Crippen molar-refractivity contribution < 1.29 is 14.0 Å². The highest BCUT2D eigenvalue weighted by atomic mass is 35.5. The SMILES string of the molecule is Cc1cc(=O)oc2cc(NC(=O)[C@@H]3CCCN3C(=O)CN)ccc12.Cl. The number of nitrogens with zero attached hydrogens (tertiary/aromatic N) is 1. The van der Waals surface area contributed by atoms with E-state index in [4.69, 9.17) is 10.2 Å². The highest BCUT2D eigenvalue weighted by Gasteiger charge is 2.33. The molecule has 0 saturated carbocycles. The maximum atomic E-state index is 12.5. The lowest BCUT2D eigenvalue weighted by Gasteiger charge is -2.23. The first-order chi connectivity index (χ1) is 11.5. The molecule has 0 radical (unpaired) electrons. The van der Waals surface area contributed by atoms with Crippen molar-refractivity contribution in [3.8, 4) is 0 Å². The van der Waals surface area contributed by atoms with Crippen LogP contribution in [-0.2, 0) is 9.59 Å². The second-order valence-corrected chi connectivity index (χ2v) is 5.90. The zero-order chi connectivity index (χ0) is 17.3. The Morgan fingerprint density at radius 2 is 2.12 bits per heavy atom. The largest absolute Gasteiger partial charge is 0.423 e. The summed E-state index contributed by atoms with van der Waals surface area (Å²) in [5, 5.41) is 3.60. The zero-order valence-electron chi connectivity index (χ0n) is 13.8. The Balaban J connectivity index is 0.00000225. The molecule has 8 heteroatoms. The maximum Gasteiger partial charge on any atom is 0.336 e. The Labute approximate surface area is 150 Å². The van der Waals surface area contributed by atoms with Crippen LogP contribution in [0.15, 0.2) is 33.5 Å². The van der Waals surface area contributed by atoms with Gasteiger partial charge in [-0.05, 0) is 37.5 Å². The first kappa shape index (κ1) is 19.0. The van der Waals surface area contributed by atoms with Crippen LogP contribution in [0.5, 0.6) is 0 Å². The minimum atomic E-state index is -0.513. The van der Waals surface area contributed by atoms with Crippen LogP contribution in [0, 0.1) is 6.92 Å². The van der Waals surface area contributed by atoms with Crippen molar-refractivity contribution in [1.29, 1.82) is 0 Å². The molecule has 1 aromatic heterocycles. The number of nitrogens with one attached hydrogen (secondary N) is 1. The van der Waals surface area contributed by atoms with Gasteiger partial charge in [-0.3, -0.25) is 9.59 Å². The zero-order valence-corrected chi connectivity index (χ0v) is 14.6. The molecule has 1 aromatic carbocycles. The molecule has 25 heavy (non-hydrogen) atoms. The number of amides is 2. The third kappa shape index (κ3) is 3.83. The monoisotopic (exact) mass is 365 g/mol. The van der Waals surface area contributed by atoms with Crippen LogP contribution in [0.1, 0.15) is 18.4 Å². The smallest absolute Gasteiger partial charge is 0.336 e. The van der Waals surface area contributed by atoms with Crippen molar-refractivity contribution >= 4 is 40.9 Å². The van der Waals surface area contributed by atoms with Crippen LogP contribution in [0.25, 0.3) is 11.0 Å². The van der Waals surface area contributed by atoms with Crippen LogP contribution >= 0.6 is 12.4 Å². The lowest BCUT2D eigenvalue weighted by atomic mass is 10.1. The Hall–Kier alpha value is -2.38. The number of aryl methyl sites for hydroxylation is 1. The molecule has 3 rings (SSSR count). The number of hydrogen-bond donors (Lipinski definition) is 2. The van der Waals surface area contributed by atoms with Crippen molar-refractivity contribution in [1.82, 2.24) is 4.90 Å². The van der Waals surface area contributed by atoms with E-state index in [-0.39, 0.29) is 30.8 Å². The van der Waals surface area contributed by atoms with Gasteiger partial charge >= 0.3 is 5.63 Å². The molecule has 0 unspecified atom stereocenters. The fourth-order valence-corrected chi connectivity index (χ4v) is 3.08. The van der Waals surface area contributed by atoms with E-state index in [2.05, 4.69) is 5.32 Å². The number of hydrogen-bond acceptors (Lipinski definition) is 5. The molecular formula is C17H20ClN3O4. The van der Waals surface area contributed by atoms with Gasteiger partial charge in [-0.1, -0.05) is 0 Å². The number of rotatable bonds is 3. The normalized spacial score (nSPS) is 16.6. The van der Waals surface area contributed by atoms with E-state index in [1.165, 1.54) is 11.0 Å². The Morgan fingerprint density at radius 1 is 1.36 bits per heavy atom. The van der Waals surface area contributed by atoms with Gasteiger partial charge in [-0.15, -0.1) is 12.4 Å². The quantitative estimate of drug-likeness (QED) is 0.800. The van der Waals surface area contributed by atoms with Gasteiger partial charge in [0, 0.05) is 29.8 Å². The lowest BCUT2D eigenvalue weighted by Crippen LogP contribution is -2.45. The fraction of sp³-hybridized carbons (Fsp3) is 0.353. The molecule has 2 aromatic rings. The third-order valence-corrected chi connectivity index (χ3v) is 4.27. The molecule has 1 fully saturated rings. The molecule has 2 amide bonds. The van der Waals surface area contributed by atoms with E-state index < -0.39 is 11.7 Å². The van der Waals surface area contributed by atoms with Crippen molar-refractivity contribution in [3.63, 3.8) is 0 Å². The summed E-state index contributed by atoms with van der Waals surface area (Å²) in [5.74, 6) is -0.489. The van der Waals surface area contributed by atoms with Crippen LogP contribution in [-0.4, -0.2) is 35.8 Å². The number of benzene rings is 1. The van der Waals surface area contributed by atoms with Gasteiger partial charge < -0.3 is 20.4 Å². The number of halogens is 1. The predicted octanol–water partition coefficient (Wildman–Crippen LogP) is 1.41. The standard InChI is InChI=1S/C17H19N3O4.ClH/c1-10-7-16(22)24-14-8-11(4-5-12(10)14)19-17(23)13-3-2-6-20(13)15(21)9-18;/h4-5,7-8,13H,2-3,6,9,18H2,1H3,(H,19,23);1H/t13-;/m0./s1. The summed E-state index contributed by atoms with van der Waals surface area (Å²) < 4.78 is 5.18. The summed E-state index contributed by atoms with van der Waals surface area (Å²) in [5.41, 5.74) is 6.71. The number of carbonyl (C=O) groups excluding carboxylic acids is 2. The summed E-state index contributed by atoms with van der Waals surface area (Å²) >= 11 is 0.